The summed E-state index contributed by atoms with van der Waals surface area (Å²) in [6.07, 6.45) is 7.58. The number of aromatic nitrogens is 2. The van der Waals surface area contributed by atoms with Gasteiger partial charge in [0.15, 0.2) is 0 Å². The highest BCUT2D eigenvalue weighted by atomic mass is 15.3. The first-order valence-corrected chi connectivity index (χ1v) is 7.56. The number of likely N-dealkylation sites (tertiary alicyclic amines) is 1. The summed E-state index contributed by atoms with van der Waals surface area (Å²) in [6.45, 7) is 2.89. The van der Waals surface area contributed by atoms with Gasteiger partial charge in [-0.2, -0.15) is 10.4 Å². The standard InChI is InChI=1S/C17H20N4/c18-12-15-6-1-2-7-16(15)13-20-10-4-3-8-17(20)14-21-11-5-9-19-21/h1-2,5-7,9,11,17H,3-4,8,10,13-14H2. The number of hydrogen-bond acceptors (Lipinski definition) is 3. The van der Waals surface area contributed by atoms with E-state index in [0.717, 1.165) is 30.8 Å². The zero-order chi connectivity index (χ0) is 14.5. The first-order chi connectivity index (χ1) is 10.4. The summed E-state index contributed by atoms with van der Waals surface area (Å²) < 4.78 is 2.01. The van der Waals surface area contributed by atoms with Crippen LogP contribution in [0.3, 0.4) is 0 Å². The van der Waals surface area contributed by atoms with E-state index in [1.54, 1.807) is 0 Å². The van der Waals surface area contributed by atoms with Crippen LogP contribution in [0.4, 0.5) is 0 Å². The van der Waals surface area contributed by atoms with Gasteiger partial charge < -0.3 is 0 Å². The van der Waals surface area contributed by atoms with Crippen molar-refractivity contribution >= 4 is 0 Å². The molecule has 0 bridgehead atoms. The minimum atomic E-state index is 0.505. The van der Waals surface area contributed by atoms with Crippen molar-refractivity contribution in [3.63, 3.8) is 0 Å². The van der Waals surface area contributed by atoms with Gasteiger partial charge in [0.05, 0.1) is 18.2 Å². The van der Waals surface area contributed by atoms with Crippen LogP contribution in [0.1, 0.15) is 30.4 Å². The maximum absolute atomic E-state index is 9.24. The zero-order valence-electron chi connectivity index (χ0n) is 12.2. The third-order valence-corrected chi connectivity index (χ3v) is 4.22. The van der Waals surface area contributed by atoms with E-state index in [2.05, 4.69) is 22.1 Å². The molecule has 1 saturated heterocycles. The lowest BCUT2D eigenvalue weighted by Crippen LogP contribution is -2.41. The fourth-order valence-corrected chi connectivity index (χ4v) is 3.09. The van der Waals surface area contributed by atoms with Gasteiger partial charge in [-0.15, -0.1) is 0 Å². The molecule has 1 aromatic heterocycles. The number of benzene rings is 1. The predicted molar refractivity (Wildman–Crippen MR) is 81.4 cm³/mol. The lowest BCUT2D eigenvalue weighted by atomic mass is 10.00. The maximum Gasteiger partial charge on any atom is 0.0995 e. The van der Waals surface area contributed by atoms with Crippen molar-refractivity contribution in [3.05, 3.63) is 53.9 Å². The Morgan fingerprint density at radius 2 is 2.14 bits per heavy atom. The molecule has 0 amide bonds. The topological polar surface area (TPSA) is 44.9 Å². The van der Waals surface area contributed by atoms with Crippen molar-refractivity contribution in [2.75, 3.05) is 6.54 Å². The van der Waals surface area contributed by atoms with E-state index in [9.17, 15) is 5.26 Å². The summed E-state index contributed by atoms with van der Waals surface area (Å²) in [5.74, 6) is 0. The average molecular weight is 280 g/mol. The van der Waals surface area contributed by atoms with Crippen LogP contribution in [0.2, 0.25) is 0 Å². The molecule has 1 unspecified atom stereocenters. The molecule has 0 saturated carbocycles. The van der Waals surface area contributed by atoms with Crippen molar-refractivity contribution in [2.45, 2.75) is 38.4 Å². The fourth-order valence-electron chi connectivity index (χ4n) is 3.09. The van der Waals surface area contributed by atoms with Gasteiger partial charge in [0.2, 0.25) is 0 Å². The summed E-state index contributed by atoms with van der Waals surface area (Å²) >= 11 is 0. The molecular weight excluding hydrogens is 260 g/mol. The minimum absolute atomic E-state index is 0.505. The third-order valence-electron chi connectivity index (χ3n) is 4.22. The molecule has 1 aromatic carbocycles. The number of piperidine rings is 1. The van der Waals surface area contributed by atoms with Crippen molar-refractivity contribution < 1.29 is 0 Å². The Balaban J connectivity index is 1.74. The van der Waals surface area contributed by atoms with Crippen molar-refractivity contribution in [3.8, 4) is 6.07 Å². The maximum atomic E-state index is 9.24. The quantitative estimate of drug-likeness (QED) is 0.865. The second kappa shape index (κ2) is 6.55. The Hall–Kier alpha value is -2.12. The molecule has 4 nitrogen and oxygen atoms in total. The molecule has 1 aliphatic heterocycles. The van der Waals surface area contributed by atoms with Crippen LogP contribution >= 0.6 is 0 Å². The van der Waals surface area contributed by atoms with Crippen LogP contribution in [0.5, 0.6) is 0 Å². The molecule has 4 heteroatoms. The van der Waals surface area contributed by atoms with Gasteiger partial charge >= 0.3 is 0 Å². The summed E-state index contributed by atoms with van der Waals surface area (Å²) in [5.41, 5.74) is 1.92. The normalized spacial score (nSPS) is 19.3. The first kappa shape index (κ1) is 13.8. The summed E-state index contributed by atoms with van der Waals surface area (Å²) in [4.78, 5) is 2.50. The van der Waals surface area contributed by atoms with Crippen molar-refractivity contribution in [1.82, 2.24) is 14.7 Å². The van der Waals surface area contributed by atoms with Crippen LogP contribution in [-0.4, -0.2) is 27.3 Å². The highest BCUT2D eigenvalue weighted by Crippen LogP contribution is 2.22. The highest BCUT2D eigenvalue weighted by Gasteiger charge is 2.23. The monoisotopic (exact) mass is 280 g/mol. The Morgan fingerprint density at radius 3 is 2.95 bits per heavy atom. The van der Waals surface area contributed by atoms with E-state index in [1.165, 1.54) is 19.3 Å². The number of nitriles is 1. The second-order valence-electron chi connectivity index (χ2n) is 5.62. The zero-order valence-corrected chi connectivity index (χ0v) is 12.2. The Morgan fingerprint density at radius 1 is 1.24 bits per heavy atom. The van der Waals surface area contributed by atoms with Gasteiger partial charge in [-0.1, -0.05) is 24.6 Å². The van der Waals surface area contributed by atoms with Crippen LogP contribution in [0, 0.1) is 11.3 Å². The van der Waals surface area contributed by atoms with E-state index in [4.69, 9.17) is 0 Å². The van der Waals surface area contributed by atoms with E-state index < -0.39 is 0 Å². The van der Waals surface area contributed by atoms with E-state index in [0.29, 0.717) is 6.04 Å². The van der Waals surface area contributed by atoms with Gasteiger partial charge in [0, 0.05) is 25.0 Å². The SMILES string of the molecule is N#Cc1ccccc1CN1CCCCC1Cn1cccn1. The predicted octanol–water partition coefficient (Wildman–Crippen LogP) is 2.81. The summed E-state index contributed by atoms with van der Waals surface area (Å²) in [5, 5.41) is 13.6. The largest absolute Gasteiger partial charge is 0.294 e. The summed E-state index contributed by atoms with van der Waals surface area (Å²) in [7, 11) is 0. The minimum Gasteiger partial charge on any atom is -0.294 e. The molecule has 1 fully saturated rings. The molecule has 0 N–H and O–H groups in total. The molecule has 0 aliphatic carbocycles. The van der Waals surface area contributed by atoms with Gasteiger partial charge in [-0.25, -0.2) is 0 Å². The Kier molecular flexibility index (Phi) is 4.32. The molecule has 0 radical (unpaired) electrons. The molecule has 2 heterocycles. The van der Waals surface area contributed by atoms with Gasteiger partial charge in [-0.05, 0) is 37.1 Å². The smallest absolute Gasteiger partial charge is 0.0995 e. The Labute approximate surface area is 125 Å². The van der Waals surface area contributed by atoms with Gasteiger partial charge in [-0.3, -0.25) is 9.58 Å². The van der Waals surface area contributed by atoms with E-state index in [1.807, 2.05) is 41.3 Å². The second-order valence-corrected chi connectivity index (χ2v) is 5.62. The van der Waals surface area contributed by atoms with Crippen LogP contribution in [0.15, 0.2) is 42.7 Å². The molecule has 2 aromatic rings. The average Bonchev–Trinajstić information content (AvgIpc) is 3.03. The molecule has 1 atom stereocenters. The third kappa shape index (κ3) is 3.32. The molecular formula is C17H20N4. The molecule has 108 valence electrons. The van der Waals surface area contributed by atoms with E-state index >= 15 is 0 Å². The highest BCUT2D eigenvalue weighted by molar-refractivity contribution is 5.37. The van der Waals surface area contributed by atoms with Crippen molar-refractivity contribution in [2.24, 2.45) is 0 Å². The van der Waals surface area contributed by atoms with Gasteiger partial charge in [0.25, 0.3) is 0 Å². The van der Waals surface area contributed by atoms with Crippen LogP contribution in [0.25, 0.3) is 0 Å². The van der Waals surface area contributed by atoms with Crippen LogP contribution in [-0.2, 0) is 13.1 Å². The Bertz CT molecular complexity index is 612. The number of nitrogens with zero attached hydrogens (tertiary/aromatic N) is 4. The first-order valence-electron chi connectivity index (χ1n) is 7.56. The molecule has 21 heavy (non-hydrogen) atoms. The van der Waals surface area contributed by atoms with Crippen molar-refractivity contribution in [1.29, 1.82) is 5.26 Å². The van der Waals surface area contributed by atoms with Crippen LogP contribution < -0.4 is 0 Å². The summed E-state index contributed by atoms with van der Waals surface area (Å²) in [6, 6.07) is 12.7. The molecule has 1 aliphatic rings. The number of rotatable bonds is 4. The number of hydrogen-bond donors (Lipinski definition) is 0. The molecule has 0 spiro atoms. The lowest BCUT2D eigenvalue weighted by molar-refractivity contribution is 0.122. The molecule has 3 rings (SSSR count). The lowest BCUT2D eigenvalue weighted by Gasteiger charge is -2.35. The van der Waals surface area contributed by atoms with E-state index in [-0.39, 0.29) is 0 Å². The van der Waals surface area contributed by atoms with Gasteiger partial charge in [0.1, 0.15) is 0 Å². The fraction of sp³-hybridized carbons (Fsp3) is 0.412.